The molecule has 1 heterocycles. The lowest BCUT2D eigenvalue weighted by atomic mass is 10.1. The summed E-state index contributed by atoms with van der Waals surface area (Å²) in [6.07, 6.45) is 1.67. The first-order valence-corrected chi connectivity index (χ1v) is 9.51. The van der Waals surface area contributed by atoms with E-state index in [2.05, 4.69) is 11.6 Å². The van der Waals surface area contributed by atoms with Crippen LogP contribution in [0.4, 0.5) is 0 Å². The highest BCUT2D eigenvalue weighted by molar-refractivity contribution is 7.98. The van der Waals surface area contributed by atoms with Crippen molar-refractivity contribution in [3.05, 3.63) is 81.6 Å². The van der Waals surface area contributed by atoms with Crippen LogP contribution in [0.2, 0.25) is 5.02 Å². The number of carbonyl (C=O) groups is 1. The first-order chi connectivity index (χ1) is 13.0. The Labute approximate surface area is 165 Å². The van der Waals surface area contributed by atoms with Crippen LogP contribution in [0.25, 0.3) is 10.9 Å². The molecule has 7 heteroatoms. The zero-order chi connectivity index (χ0) is 19.4. The number of methoxy groups -OCH3 is 1. The van der Waals surface area contributed by atoms with Gasteiger partial charge < -0.3 is 4.74 Å². The molecular weight excluding hydrogens is 384 g/mol. The summed E-state index contributed by atoms with van der Waals surface area (Å²) in [5.74, 6) is 0.221. The summed E-state index contributed by atoms with van der Waals surface area (Å²) in [6, 6.07) is 12.2. The Balaban J connectivity index is 1.91. The molecule has 0 spiro atoms. The molecule has 0 unspecified atom stereocenters. The predicted molar refractivity (Wildman–Crippen MR) is 109 cm³/mol. The third kappa shape index (κ3) is 4.23. The maximum Gasteiger partial charge on any atom is 0.337 e. The lowest BCUT2D eigenvalue weighted by Crippen LogP contribution is -2.22. The van der Waals surface area contributed by atoms with Crippen LogP contribution in [0.3, 0.4) is 0 Å². The van der Waals surface area contributed by atoms with Crippen molar-refractivity contribution in [1.29, 1.82) is 0 Å². The first kappa shape index (κ1) is 19.2. The molecule has 3 aromatic rings. The maximum atomic E-state index is 12.8. The minimum absolute atomic E-state index is 0.125. The van der Waals surface area contributed by atoms with Crippen molar-refractivity contribution in [2.75, 3.05) is 7.11 Å². The van der Waals surface area contributed by atoms with Crippen LogP contribution in [0.5, 0.6) is 0 Å². The molecule has 0 aliphatic heterocycles. The second kappa shape index (κ2) is 8.41. The van der Waals surface area contributed by atoms with Crippen molar-refractivity contribution in [2.24, 2.45) is 0 Å². The van der Waals surface area contributed by atoms with Gasteiger partial charge in [-0.25, -0.2) is 9.78 Å². The standard InChI is InChI=1S/C20H17ClN2O3S/c1-3-10-23-18(24)16-9-8-15(21)11-17(16)22-20(23)27-12-13-4-6-14(7-5-13)19(25)26-2/h3-9,11H,1,10,12H2,2H3. The van der Waals surface area contributed by atoms with Gasteiger partial charge in [0, 0.05) is 17.3 Å². The third-order valence-electron chi connectivity index (χ3n) is 3.94. The molecule has 5 nitrogen and oxygen atoms in total. The fourth-order valence-electron chi connectivity index (χ4n) is 2.58. The largest absolute Gasteiger partial charge is 0.465 e. The number of fused-ring (bicyclic) bond motifs is 1. The number of thioether (sulfide) groups is 1. The lowest BCUT2D eigenvalue weighted by Gasteiger charge is -2.11. The van der Waals surface area contributed by atoms with E-state index in [1.165, 1.54) is 18.9 Å². The fraction of sp³-hybridized carbons (Fsp3) is 0.150. The quantitative estimate of drug-likeness (QED) is 0.267. The molecule has 3 rings (SSSR count). The van der Waals surface area contributed by atoms with E-state index in [1.54, 1.807) is 41.0 Å². The summed E-state index contributed by atoms with van der Waals surface area (Å²) in [6.45, 7) is 4.09. The number of ether oxygens (including phenoxy) is 1. The Hall–Kier alpha value is -2.57. The highest BCUT2D eigenvalue weighted by Gasteiger charge is 2.12. The van der Waals surface area contributed by atoms with E-state index < -0.39 is 0 Å². The summed E-state index contributed by atoms with van der Waals surface area (Å²) >= 11 is 7.48. The Bertz CT molecular complexity index is 1060. The van der Waals surface area contributed by atoms with Gasteiger partial charge in [-0.15, -0.1) is 6.58 Å². The normalized spacial score (nSPS) is 10.7. The number of allylic oxidation sites excluding steroid dienone is 1. The van der Waals surface area contributed by atoms with E-state index in [1.807, 2.05) is 12.1 Å². The molecule has 27 heavy (non-hydrogen) atoms. The summed E-state index contributed by atoms with van der Waals surface area (Å²) in [4.78, 5) is 28.9. The second-order valence-corrected chi connectivity index (χ2v) is 7.12. The fourth-order valence-corrected chi connectivity index (χ4v) is 3.71. The van der Waals surface area contributed by atoms with Gasteiger partial charge in [-0.05, 0) is 35.9 Å². The average molecular weight is 401 g/mol. The first-order valence-electron chi connectivity index (χ1n) is 8.14. The van der Waals surface area contributed by atoms with Crippen LogP contribution in [0.1, 0.15) is 15.9 Å². The number of rotatable bonds is 6. The van der Waals surface area contributed by atoms with Gasteiger partial charge in [0.2, 0.25) is 0 Å². The number of benzene rings is 2. The second-order valence-electron chi connectivity index (χ2n) is 5.74. The molecule has 0 aliphatic carbocycles. The van der Waals surface area contributed by atoms with Gasteiger partial charge in [0.05, 0.1) is 23.6 Å². The minimum atomic E-state index is -0.373. The van der Waals surface area contributed by atoms with E-state index >= 15 is 0 Å². The van der Waals surface area contributed by atoms with Crippen LogP contribution in [0, 0.1) is 0 Å². The van der Waals surface area contributed by atoms with Crippen LogP contribution >= 0.6 is 23.4 Å². The van der Waals surface area contributed by atoms with Crippen LogP contribution in [-0.2, 0) is 17.0 Å². The molecule has 0 saturated carbocycles. The number of hydrogen-bond acceptors (Lipinski definition) is 5. The molecule has 1 aromatic heterocycles. The molecule has 0 fully saturated rings. The van der Waals surface area contributed by atoms with Gasteiger partial charge >= 0.3 is 5.97 Å². The number of hydrogen-bond donors (Lipinski definition) is 0. The van der Waals surface area contributed by atoms with E-state index in [-0.39, 0.29) is 11.5 Å². The molecule has 0 amide bonds. The molecule has 0 radical (unpaired) electrons. The average Bonchev–Trinajstić information content (AvgIpc) is 2.68. The zero-order valence-electron chi connectivity index (χ0n) is 14.6. The van der Waals surface area contributed by atoms with E-state index in [0.717, 1.165) is 5.56 Å². The van der Waals surface area contributed by atoms with Gasteiger partial charge in [-0.2, -0.15) is 0 Å². The summed E-state index contributed by atoms with van der Waals surface area (Å²) < 4.78 is 6.29. The van der Waals surface area contributed by atoms with Crippen LogP contribution in [0.15, 0.2) is 65.1 Å². The van der Waals surface area contributed by atoms with Gasteiger partial charge in [0.1, 0.15) is 0 Å². The summed E-state index contributed by atoms with van der Waals surface area (Å²) in [7, 11) is 1.35. The number of carbonyl (C=O) groups excluding carboxylic acids is 1. The highest BCUT2D eigenvalue weighted by Crippen LogP contribution is 2.24. The van der Waals surface area contributed by atoms with Crippen molar-refractivity contribution < 1.29 is 9.53 Å². The van der Waals surface area contributed by atoms with Crippen molar-refractivity contribution >= 4 is 40.2 Å². The molecule has 138 valence electrons. The monoisotopic (exact) mass is 400 g/mol. The number of aromatic nitrogens is 2. The third-order valence-corrected chi connectivity index (χ3v) is 5.22. The smallest absolute Gasteiger partial charge is 0.337 e. The Morgan fingerprint density at radius 2 is 2.04 bits per heavy atom. The van der Waals surface area contributed by atoms with Gasteiger partial charge in [0.25, 0.3) is 5.56 Å². The Morgan fingerprint density at radius 3 is 2.70 bits per heavy atom. The summed E-state index contributed by atoms with van der Waals surface area (Å²) in [5.41, 5.74) is 1.93. The summed E-state index contributed by atoms with van der Waals surface area (Å²) in [5, 5.41) is 1.64. The van der Waals surface area contributed by atoms with E-state index in [9.17, 15) is 9.59 Å². The van der Waals surface area contributed by atoms with E-state index in [0.29, 0.717) is 38.9 Å². The molecular formula is C20H17ClN2O3S. The van der Waals surface area contributed by atoms with Crippen molar-refractivity contribution in [3.8, 4) is 0 Å². The zero-order valence-corrected chi connectivity index (χ0v) is 16.2. The molecule has 0 atom stereocenters. The molecule has 0 saturated heterocycles. The predicted octanol–water partition coefficient (Wildman–Crippen LogP) is 4.31. The Morgan fingerprint density at radius 1 is 1.30 bits per heavy atom. The van der Waals surface area contributed by atoms with Crippen molar-refractivity contribution in [3.63, 3.8) is 0 Å². The number of halogens is 1. The van der Waals surface area contributed by atoms with Gasteiger partial charge in [0.15, 0.2) is 5.16 Å². The van der Waals surface area contributed by atoms with Crippen LogP contribution < -0.4 is 5.56 Å². The van der Waals surface area contributed by atoms with Gasteiger partial charge in [-0.1, -0.05) is 41.6 Å². The number of nitrogens with zero attached hydrogens (tertiary/aromatic N) is 2. The highest BCUT2D eigenvalue weighted by atomic mass is 35.5. The number of esters is 1. The van der Waals surface area contributed by atoms with Crippen molar-refractivity contribution in [1.82, 2.24) is 9.55 Å². The molecule has 2 aromatic carbocycles. The Kier molecular flexibility index (Phi) is 5.98. The SMILES string of the molecule is C=CCn1c(SCc2ccc(C(=O)OC)cc2)nc2cc(Cl)ccc2c1=O. The molecule has 0 N–H and O–H groups in total. The lowest BCUT2D eigenvalue weighted by molar-refractivity contribution is 0.0600. The molecule has 0 aliphatic rings. The van der Waals surface area contributed by atoms with E-state index in [4.69, 9.17) is 16.3 Å². The van der Waals surface area contributed by atoms with Gasteiger partial charge in [-0.3, -0.25) is 9.36 Å². The maximum absolute atomic E-state index is 12.8. The topological polar surface area (TPSA) is 61.2 Å². The minimum Gasteiger partial charge on any atom is -0.465 e. The van der Waals surface area contributed by atoms with Crippen molar-refractivity contribution in [2.45, 2.75) is 17.5 Å². The molecule has 0 bridgehead atoms. The van der Waals surface area contributed by atoms with Crippen LogP contribution in [-0.4, -0.2) is 22.6 Å².